The van der Waals surface area contributed by atoms with Gasteiger partial charge < -0.3 is 4.90 Å². The third kappa shape index (κ3) is 3.56. The molecule has 0 atom stereocenters. The number of para-hydroxylation sites is 1. The van der Waals surface area contributed by atoms with Gasteiger partial charge in [-0.1, -0.05) is 18.2 Å². The van der Waals surface area contributed by atoms with Gasteiger partial charge in [0.05, 0.1) is 12.8 Å². The highest BCUT2D eigenvalue weighted by atomic mass is 19.4. The minimum absolute atomic E-state index is 0.0430. The van der Waals surface area contributed by atoms with Gasteiger partial charge in [0.1, 0.15) is 0 Å². The first kappa shape index (κ1) is 13.6. The minimum Gasteiger partial charge on any atom is -0.307 e. The normalized spacial score (nSPS) is 15.3. The maximum atomic E-state index is 12.2. The van der Waals surface area contributed by atoms with E-state index >= 15 is 0 Å². The molecule has 1 aliphatic heterocycles. The zero-order valence-corrected chi connectivity index (χ0v) is 10.2. The fourth-order valence-corrected chi connectivity index (χ4v) is 1.99. The van der Waals surface area contributed by atoms with E-state index in [2.05, 4.69) is 4.99 Å². The molecule has 102 valence electrons. The summed E-state index contributed by atoms with van der Waals surface area (Å²) in [6.07, 6.45) is -4.02. The number of hydrogen-bond donors (Lipinski definition) is 0. The molecule has 1 heterocycles. The second kappa shape index (κ2) is 5.42. The molecule has 0 fully saturated rings. The standard InChI is InChI=1S/C13H13F3N2O/c14-13(15,16)6-3-7-18-11-5-2-1-4-10(11)8-17-9-12(18)19/h1-2,4-5,9H,3,6-8H2. The third-order valence-corrected chi connectivity index (χ3v) is 2.85. The van der Waals surface area contributed by atoms with E-state index in [1.165, 1.54) is 11.1 Å². The number of nitrogens with zero attached hydrogens (tertiary/aromatic N) is 2. The second-order valence-corrected chi connectivity index (χ2v) is 4.31. The lowest BCUT2D eigenvalue weighted by Gasteiger charge is -2.22. The zero-order chi connectivity index (χ0) is 13.9. The van der Waals surface area contributed by atoms with Crippen molar-refractivity contribution in [2.75, 3.05) is 11.4 Å². The molecular formula is C13H13F3N2O. The van der Waals surface area contributed by atoms with Crippen molar-refractivity contribution >= 4 is 17.8 Å². The highest BCUT2D eigenvalue weighted by molar-refractivity contribution is 6.33. The molecule has 0 spiro atoms. The van der Waals surface area contributed by atoms with Gasteiger partial charge in [0.15, 0.2) is 0 Å². The Morgan fingerprint density at radius 3 is 2.74 bits per heavy atom. The predicted octanol–water partition coefficient (Wildman–Crippen LogP) is 2.95. The van der Waals surface area contributed by atoms with Gasteiger partial charge >= 0.3 is 6.18 Å². The molecule has 0 bridgehead atoms. The predicted molar refractivity (Wildman–Crippen MR) is 66.3 cm³/mol. The third-order valence-electron chi connectivity index (χ3n) is 2.85. The maximum Gasteiger partial charge on any atom is 0.389 e. The van der Waals surface area contributed by atoms with Crippen LogP contribution < -0.4 is 4.90 Å². The average Bonchev–Trinajstić information content (AvgIpc) is 2.48. The van der Waals surface area contributed by atoms with E-state index in [4.69, 9.17) is 0 Å². The summed E-state index contributed by atoms with van der Waals surface area (Å²) in [5, 5.41) is 0. The van der Waals surface area contributed by atoms with Crippen LogP contribution in [0.15, 0.2) is 29.3 Å². The fourth-order valence-electron chi connectivity index (χ4n) is 1.99. The summed E-state index contributed by atoms with van der Waals surface area (Å²) in [5.74, 6) is -0.368. The monoisotopic (exact) mass is 270 g/mol. The van der Waals surface area contributed by atoms with Crippen LogP contribution in [0.2, 0.25) is 0 Å². The Morgan fingerprint density at radius 1 is 1.26 bits per heavy atom. The molecule has 0 saturated carbocycles. The van der Waals surface area contributed by atoms with Crippen LogP contribution in [-0.4, -0.2) is 24.8 Å². The largest absolute Gasteiger partial charge is 0.389 e. The Hall–Kier alpha value is -1.85. The summed E-state index contributed by atoms with van der Waals surface area (Å²) in [7, 11) is 0. The van der Waals surface area contributed by atoms with Crippen LogP contribution >= 0.6 is 0 Å². The first-order valence-corrected chi connectivity index (χ1v) is 5.93. The Balaban J connectivity index is 2.13. The molecule has 0 saturated heterocycles. The van der Waals surface area contributed by atoms with Crippen LogP contribution in [0.4, 0.5) is 18.9 Å². The van der Waals surface area contributed by atoms with Gasteiger partial charge in [-0.05, 0) is 18.1 Å². The van der Waals surface area contributed by atoms with Crippen molar-refractivity contribution in [3.8, 4) is 0 Å². The molecule has 0 aromatic heterocycles. The summed E-state index contributed by atoms with van der Waals surface area (Å²) in [6.45, 7) is 0.416. The average molecular weight is 270 g/mol. The van der Waals surface area contributed by atoms with Gasteiger partial charge in [-0.25, -0.2) is 0 Å². The van der Waals surface area contributed by atoms with Crippen LogP contribution in [-0.2, 0) is 11.3 Å². The van der Waals surface area contributed by atoms with Gasteiger partial charge in [0.2, 0.25) is 0 Å². The first-order chi connectivity index (χ1) is 8.97. The van der Waals surface area contributed by atoms with E-state index in [0.29, 0.717) is 12.2 Å². The van der Waals surface area contributed by atoms with Crippen LogP contribution in [0.1, 0.15) is 18.4 Å². The highest BCUT2D eigenvalue weighted by Crippen LogP contribution is 2.26. The summed E-state index contributed by atoms with van der Waals surface area (Å²) in [5.41, 5.74) is 1.49. The van der Waals surface area contributed by atoms with E-state index in [-0.39, 0.29) is 18.9 Å². The lowest BCUT2D eigenvalue weighted by Crippen LogP contribution is -2.33. The van der Waals surface area contributed by atoms with E-state index in [1.807, 2.05) is 12.1 Å². The molecule has 1 aliphatic rings. The first-order valence-electron chi connectivity index (χ1n) is 5.93. The number of hydrogen-bond acceptors (Lipinski definition) is 2. The number of carbonyl (C=O) groups excluding carboxylic acids is 1. The molecular weight excluding hydrogens is 257 g/mol. The van der Waals surface area contributed by atoms with Crippen molar-refractivity contribution < 1.29 is 18.0 Å². The molecule has 6 heteroatoms. The summed E-state index contributed by atoms with van der Waals surface area (Å²) < 4.78 is 36.5. The number of aliphatic imine (C=N–C) groups is 1. The van der Waals surface area contributed by atoms with Crippen LogP contribution in [0.25, 0.3) is 0 Å². The molecule has 1 aromatic rings. The summed E-state index contributed by atoms with van der Waals surface area (Å²) >= 11 is 0. The molecule has 19 heavy (non-hydrogen) atoms. The van der Waals surface area contributed by atoms with Crippen molar-refractivity contribution in [1.82, 2.24) is 0 Å². The van der Waals surface area contributed by atoms with Crippen LogP contribution in [0, 0.1) is 0 Å². The number of halogens is 3. The minimum atomic E-state index is -4.19. The maximum absolute atomic E-state index is 12.2. The van der Waals surface area contributed by atoms with Crippen LogP contribution in [0.5, 0.6) is 0 Å². The zero-order valence-electron chi connectivity index (χ0n) is 10.2. The lowest BCUT2D eigenvalue weighted by atomic mass is 10.1. The quantitative estimate of drug-likeness (QED) is 0.831. The Labute approximate surface area is 108 Å². The van der Waals surface area contributed by atoms with Gasteiger partial charge in [0.25, 0.3) is 5.91 Å². The van der Waals surface area contributed by atoms with E-state index in [0.717, 1.165) is 5.56 Å². The van der Waals surface area contributed by atoms with E-state index in [9.17, 15) is 18.0 Å². The van der Waals surface area contributed by atoms with Gasteiger partial charge in [-0.2, -0.15) is 13.2 Å². The number of alkyl halides is 3. The molecule has 1 aromatic carbocycles. The van der Waals surface area contributed by atoms with Gasteiger partial charge in [-0.15, -0.1) is 0 Å². The fraction of sp³-hybridized carbons (Fsp3) is 0.385. The summed E-state index contributed by atoms with van der Waals surface area (Å²) in [4.78, 5) is 17.1. The SMILES string of the molecule is O=C1C=NCc2ccccc2N1CCCC(F)(F)F. The number of benzene rings is 1. The topological polar surface area (TPSA) is 32.7 Å². The highest BCUT2D eigenvalue weighted by Gasteiger charge is 2.27. The summed E-state index contributed by atoms with van der Waals surface area (Å²) in [6, 6.07) is 7.13. The van der Waals surface area contributed by atoms with Crippen molar-refractivity contribution in [2.45, 2.75) is 25.6 Å². The van der Waals surface area contributed by atoms with E-state index < -0.39 is 12.6 Å². The number of fused-ring (bicyclic) bond motifs is 1. The van der Waals surface area contributed by atoms with Crippen molar-refractivity contribution in [1.29, 1.82) is 0 Å². The van der Waals surface area contributed by atoms with Crippen molar-refractivity contribution in [3.63, 3.8) is 0 Å². The molecule has 0 unspecified atom stereocenters. The Morgan fingerprint density at radius 2 is 2.00 bits per heavy atom. The molecule has 2 rings (SSSR count). The Bertz CT molecular complexity index is 497. The van der Waals surface area contributed by atoms with Gasteiger partial charge in [-0.3, -0.25) is 9.79 Å². The van der Waals surface area contributed by atoms with E-state index in [1.54, 1.807) is 12.1 Å². The van der Waals surface area contributed by atoms with Gasteiger partial charge in [0, 0.05) is 18.7 Å². The van der Waals surface area contributed by atoms with Crippen LogP contribution in [0.3, 0.4) is 0 Å². The second-order valence-electron chi connectivity index (χ2n) is 4.31. The van der Waals surface area contributed by atoms with Crippen molar-refractivity contribution in [3.05, 3.63) is 29.8 Å². The number of anilines is 1. The van der Waals surface area contributed by atoms with Crippen molar-refractivity contribution in [2.24, 2.45) is 4.99 Å². The smallest absolute Gasteiger partial charge is 0.307 e. The molecule has 0 aliphatic carbocycles. The molecule has 0 N–H and O–H groups in total. The number of carbonyl (C=O) groups is 1. The Kier molecular flexibility index (Phi) is 3.87. The molecule has 3 nitrogen and oxygen atoms in total. The lowest BCUT2D eigenvalue weighted by molar-refractivity contribution is -0.135. The molecule has 0 radical (unpaired) electrons. The number of amides is 1. The molecule has 1 amide bonds. The number of rotatable bonds is 3.